The molecule has 0 fully saturated rings. The van der Waals surface area contributed by atoms with Gasteiger partial charge in [-0.15, -0.1) is 0 Å². The summed E-state index contributed by atoms with van der Waals surface area (Å²) in [6.45, 7) is 5.97. The maximum atomic E-state index is 12.3. The van der Waals surface area contributed by atoms with Gasteiger partial charge < -0.3 is 5.32 Å². The SMILES string of the molecule is CC(C)(C)N=C(NC(=O)Cc1ccccc1)Nc1ccccc1. The Hall–Kier alpha value is -2.62. The van der Waals surface area contributed by atoms with Crippen molar-refractivity contribution in [2.45, 2.75) is 32.7 Å². The second-order valence-electron chi connectivity index (χ2n) is 6.33. The third kappa shape index (κ3) is 6.34. The summed E-state index contributed by atoms with van der Waals surface area (Å²) in [4.78, 5) is 16.8. The maximum Gasteiger partial charge on any atom is 0.231 e. The molecule has 0 saturated heterocycles. The van der Waals surface area contributed by atoms with Crippen LogP contribution >= 0.6 is 0 Å². The van der Waals surface area contributed by atoms with Gasteiger partial charge in [-0.3, -0.25) is 10.1 Å². The molecule has 0 atom stereocenters. The van der Waals surface area contributed by atoms with Crippen LogP contribution in [0, 0.1) is 0 Å². The average Bonchev–Trinajstić information content (AvgIpc) is 2.47. The Morgan fingerprint density at radius 2 is 1.52 bits per heavy atom. The number of guanidine groups is 1. The first-order valence-corrected chi connectivity index (χ1v) is 7.68. The first kappa shape index (κ1) is 16.7. The average molecular weight is 309 g/mol. The minimum absolute atomic E-state index is 0.0948. The van der Waals surface area contributed by atoms with E-state index in [4.69, 9.17) is 0 Å². The lowest BCUT2D eigenvalue weighted by molar-refractivity contribution is -0.119. The lowest BCUT2D eigenvalue weighted by atomic mass is 10.1. The molecule has 0 heterocycles. The molecule has 0 spiro atoms. The number of anilines is 1. The second-order valence-corrected chi connectivity index (χ2v) is 6.33. The van der Waals surface area contributed by atoms with Gasteiger partial charge in [-0.05, 0) is 38.5 Å². The summed E-state index contributed by atoms with van der Waals surface area (Å²) < 4.78 is 0. The van der Waals surface area contributed by atoms with Gasteiger partial charge in [0.05, 0.1) is 12.0 Å². The predicted octanol–water partition coefficient (Wildman–Crippen LogP) is 3.61. The summed E-state index contributed by atoms with van der Waals surface area (Å²) in [7, 11) is 0. The van der Waals surface area contributed by atoms with Gasteiger partial charge in [-0.1, -0.05) is 48.5 Å². The number of hydrogen-bond acceptors (Lipinski definition) is 2. The van der Waals surface area contributed by atoms with E-state index < -0.39 is 0 Å². The monoisotopic (exact) mass is 309 g/mol. The molecule has 0 aromatic heterocycles. The van der Waals surface area contributed by atoms with Crippen LogP contribution in [0.15, 0.2) is 65.7 Å². The topological polar surface area (TPSA) is 53.5 Å². The molecule has 0 radical (unpaired) electrons. The molecule has 0 unspecified atom stereocenters. The normalized spacial score (nSPS) is 11.9. The molecule has 2 aromatic carbocycles. The van der Waals surface area contributed by atoms with E-state index in [1.54, 1.807) is 0 Å². The van der Waals surface area contributed by atoms with E-state index in [1.165, 1.54) is 0 Å². The summed E-state index contributed by atoms with van der Waals surface area (Å²) >= 11 is 0. The molecule has 120 valence electrons. The number of hydrogen-bond donors (Lipinski definition) is 2. The number of para-hydroxylation sites is 1. The molecule has 4 heteroatoms. The van der Waals surface area contributed by atoms with Gasteiger partial charge in [-0.2, -0.15) is 0 Å². The molecule has 0 aliphatic carbocycles. The first-order valence-electron chi connectivity index (χ1n) is 7.68. The third-order valence-corrected chi connectivity index (χ3v) is 2.95. The Kier molecular flexibility index (Phi) is 5.52. The highest BCUT2D eigenvalue weighted by Crippen LogP contribution is 2.09. The number of benzene rings is 2. The Bertz CT molecular complexity index is 658. The molecule has 0 saturated carbocycles. The van der Waals surface area contributed by atoms with E-state index >= 15 is 0 Å². The number of nitrogens with zero attached hydrogens (tertiary/aromatic N) is 1. The Morgan fingerprint density at radius 1 is 0.957 bits per heavy atom. The molecule has 0 bridgehead atoms. The summed E-state index contributed by atoms with van der Waals surface area (Å²) in [5.74, 6) is 0.368. The van der Waals surface area contributed by atoms with Crippen LogP contribution in [0.2, 0.25) is 0 Å². The summed E-state index contributed by atoms with van der Waals surface area (Å²) in [6.07, 6.45) is 0.320. The highest BCUT2D eigenvalue weighted by Gasteiger charge is 2.13. The van der Waals surface area contributed by atoms with Gasteiger partial charge >= 0.3 is 0 Å². The fraction of sp³-hybridized carbons (Fsp3) is 0.263. The van der Waals surface area contributed by atoms with Crippen LogP contribution in [0.25, 0.3) is 0 Å². The fourth-order valence-corrected chi connectivity index (χ4v) is 2.04. The highest BCUT2D eigenvalue weighted by atomic mass is 16.1. The molecule has 2 N–H and O–H groups in total. The van der Waals surface area contributed by atoms with Crippen molar-refractivity contribution >= 4 is 17.6 Å². The zero-order valence-electron chi connectivity index (χ0n) is 13.8. The first-order chi connectivity index (χ1) is 10.9. The number of carbonyl (C=O) groups is 1. The van der Waals surface area contributed by atoms with Gasteiger partial charge in [0.25, 0.3) is 0 Å². The lowest BCUT2D eigenvalue weighted by Gasteiger charge is -2.18. The predicted molar refractivity (Wildman–Crippen MR) is 95.5 cm³/mol. The Balaban J connectivity index is 2.08. The van der Waals surface area contributed by atoms with Crippen LogP contribution < -0.4 is 10.6 Å². The van der Waals surface area contributed by atoms with Gasteiger partial charge in [0.1, 0.15) is 0 Å². The fourth-order valence-electron chi connectivity index (χ4n) is 2.04. The van der Waals surface area contributed by atoms with E-state index in [1.807, 2.05) is 81.4 Å². The zero-order valence-corrected chi connectivity index (χ0v) is 13.8. The minimum Gasteiger partial charge on any atom is -0.326 e. The maximum absolute atomic E-state index is 12.3. The van der Waals surface area contributed by atoms with Gasteiger partial charge in [0.15, 0.2) is 0 Å². The van der Waals surface area contributed by atoms with Crippen molar-refractivity contribution < 1.29 is 4.79 Å². The second kappa shape index (κ2) is 7.58. The van der Waals surface area contributed by atoms with Crippen LogP contribution in [0.4, 0.5) is 5.69 Å². The van der Waals surface area contributed by atoms with Crippen molar-refractivity contribution in [3.63, 3.8) is 0 Å². The van der Waals surface area contributed by atoms with Crippen LogP contribution in [0.1, 0.15) is 26.3 Å². The molecular formula is C19H23N3O. The van der Waals surface area contributed by atoms with Crippen LogP contribution in [0.3, 0.4) is 0 Å². The van der Waals surface area contributed by atoms with Gasteiger partial charge in [0.2, 0.25) is 11.9 Å². The molecule has 0 aliphatic rings. The van der Waals surface area contributed by atoms with Crippen molar-refractivity contribution in [2.24, 2.45) is 4.99 Å². The molecule has 0 aliphatic heterocycles. The Morgan fingerprint density at radius 3 is 2.09 bits per heavy atom. The summed E-state index contributed by atoms with van der Waals surface area (Å²) in [5.41, 5.74) is 1.56. The number of nitrogens with one attached hydrogen (secondary N) is 2. The van der Waals surface area contributed by atoms with E-state index in [2.05, 4.69) is 15.6 Å². The number of carbonyl (C=O) groups excluding carboxylic acids is 1. The standard InChI is InChI=1S/C19H23N3O/c1-19(2,3)22-18(20-16-12-8-5-9-13-16)21-17(23)14-15-10-6-4-7-11-15/h4-13H,14H2,1-3H3,(H2,20,21,22,23). The smallest absolute Gasteiger partial charge is 0.231 e. The van der Waals surface area contributed by atoms with E-state index in [0.29, 0.717) is 12.4 Å². The van der Waals surface area contributed by atoms with E-state index in [0.717, 1.165) is 11.3 Å². The van der Waals surface area contributed by atoms with Crippen molar-refractivity contribution in [2.75, 3.05) is 5.32 Å². The Labute approximate surface area is 137 Å². The summed E-state index contributed by atoms with van der Waals surface area (Å²) in [5, 5.41) is 6.04. The molecule has 23 heavy (non-hydrogen) atoms. The van der Waals surface area contributed by atoms with Crippen molar-refractivity contribution in [1.29, 1.82) is 0 Å². The third-order valence-electron chi connectivity index (χ3n) is 2.95. The van der Waals surface area contributed by atoms with Gasteiger partial charge in [0, 0.05) is 5.69 Å². The molecule has 1 amide bonds. The number of rotatable bonds is 3. The number of amides is 1. The molecule has 2 aromatic rings. The van der Waals surface area contributed by atoms with Crippen LogP contribution in [-0.4, -0.2) is 17.4 Å². The minimum atomic E-state index is -0.295. The van der Waals surface area contributed by atoms with E-state index in [-0.39, 0.29) is 11.4 Å². The van der Waals surface area contributed by atoms with Gasteiger partial charge in [-0.25, -0.2) is 4.99 Å². The van der Waals surface area contributed by atoms with Crippen LogP contribution in [-0.2, 0) is 11.2 Å². The largest absolute Gasteiger partial charge is 0.326 e. The highest BCUT2D eigenvalue weighted by molar-refractivity contribution is 6.04. The van der Waals surface area contributed by atoms with E-state index in [9.17, 15) is 4.79 Å². The van der Waals surface area contributed by atoms with Crippen LogP contribution in [0.5, 0.6) is 0 Å². The molecule has 2 rings (SSSR count). The van der Waals surface area contributed by atoms with Crippen molar-refractivity contribution in [3.8, 4) is 0 Å². The van der Waals surface area contributed by atoms with Crippen molar-refractivity contribution in [1.82, 2.24) is 5.32 Å². The molecule has 4 nitrogen and oxygen atoms in total. The number of aliphatic imine (C=N–C) groups is 1. The lowest BCUT2D eigenvalue weighted by Crippen LogP contribution is -2.38. The summed E-state index contributed by atoms with van der Waals surface area (Å²) in [6, 6.07) is 19.3. The van der Waals surface area contributed by atoms with Crippen molar-refractivity contribution in [3.05, 3.63) is 66.2 Å². The quantitative estimate of drug-likeness (QED) is 0.672. The zero-order chi connectivity index (χ0) is 16.7. The molecular weight excluding hydrogens is 286 g/mol.